The SMILES string of the molecule is O=C(CCCN1C(=O)c2ccccc2C1=O)NC[C@@H](c1ccccc1)[NH+]1CCCC1. The Labute approximate surface area is 176 Å². The molecule has 30 heavy (non-hydrogen) atoms. The molecular formula is C24H28N3O3+. The molecule has 3 amide bonds. The zero-order valence-electron chi connectivity index (χ0n) is 17.1. The molecule has 2 aromatic carbocycles. The number of carbonyl (C=O) groups is 3. The van der Waals surface area contributed by atoms with E-state index in [0.29, 0.717) is 30.5 Å². The summed E-state index contributed by atoms with van der Waals surface area (Å²) in [6.45, 7) is 3.13. The Morgan fingerprint density at radius 3 is 2.17 bits per heavy atom. The summed E-state index contributed by atoms with van der Waals surface area (Å²) >= 11 is 0. The molecule has 2 aliphatic heterocycles. The topological polar surface area (TPSA) is 70.9 Å². The summed E-state index contributed by atoms with van der Waals surface area (Å²) in [6, 6.07) is 17.5. The molecule has 0 saturated carbocycles. The van der Waals surface area contributed by atoms with Crippen LogP contribution in [0.15, 0.2) is 54.6 Å². The van der Waals surface area contributed by atoms with Crippen LogP contribution in [0.3, 0.4) is 0 Å². The maximum Gasteiger partial charge on any atom is 0.261 e. The van der Waals surface area contributed by atoms with Crippen LogP contribution < -0.4 is 10.2 Å². The van der Waals surface area contributed by atoms with Gasteiger partial charge in [-0.1, -0.05) is 42.5 Å². The third-order valence-corrected chi connectivity index (χ3v) is 6.11. The molecule has 2 N–H and O–H groups in total. The van der Waals surface area contributed by atoms with Crippen LogP contribution in [0.1, 0.15) is 58.0 Å². The van der Waals surface area contributed by atoms with Crippen LogP contribution >= 0.6 is 0 Å². The minimum atomic E-state index is -0.266. The van der Waals surface area contributed by atoms with Crippen LogP contribution in [0.2, 0.25) is 0 Å². The Balaban J connectivity index is 1.28. The highest BCUT2D eigenvalue weighted by Crippen LogP contribution is 2.22. The summed E-state index contributed by atoms with van der Waals surface area (Å²) in [4.78, 5) is 40.0. The number of likely N-dealkylation sites (tertiary alicyclic amines) is 1. The van der Waals surface area contributed by atoms with E-state index in [4.69, 9.17) is 0 Å². The third-order valence-electron chi connectivity index (χ3n) is 6.11. The fourth-order valence-electron chi connectivity index (χ4n) is 4.51. The van der Waals surface area contributed by atoms with Crippen molar-refractivity contribution in [2.75, 3.05) is 26.2 Å². The van der Waals surface area contributed by atoms with E-state index in [1.807, 2.05) is 18.2 Å². The number of imide groups is 1. The molecule has 1 atom stereocenters. The molecule has 2 heterocycles. The zero-order chi connectivity index (χ0) is 20.9. The van der Waals surface area contributed by atoms with E-state index in [1.165, 1.54) is 28.2 Å². The van der Waals surface area contributed by atoms with Crippen molar-refractivity contribution >= 4 is 17.7 Å². The highest BCUT2D eigenvalue weighted by molar-refractivity contribution is 6.21. The lowest BCUT2D eigenvalue weighted by Crippen LogP contribution is -3.11. The Morgan fingerprint density at radius 1 is 0.933 bits per heavy atom. The fraction of sp³-hybridized carbons (Fsp3) is 0.375. The Hall–Kier alpha value is -2.99. The van der Waals surface area contributed by atoms with Gasteiger partial charge in [0, 0.05) is 31.4 Å². The van der Waals surface area contributed by atoms with Crippen molar-refractivity contribution in [1.29, 1.82) is 0 Å². The van der Waals surface area contributed by atoms with Gasteiger partial charge in [0.05, 0.1) is 30.8 Å². The summed E-state index contributed by atoms with van der Waals surface area (Å²) in [5, 5.41) is 3.07. The molecule has 4 rings (SSSR count). The number of amides is 3. The second-order valence-corrected chi connectivity index (χ2v) is 8.04. The number of rotatable bonds is 8. The molecule has 2 aromatic rings. The third kappa shape index (κ3) is 4.28. The molecule has 0 unspecified atom stereocenters. The number of nitrogens with one attached hydrogen (secondary N) is 2. The molecule has 0 spiro atoms. The van der Waals surface area contributed by atoms with E-state index in [-0.39, 0.29) is 30.3 Å². The van der Waals surface area contributed by atoms with Crippen molar-refractivity contribution in [2.24, 2.45) is 0 Å². The molecule has 156 valence electrons. The number of quaternary nitrogens is 1. The van der Waals surface area contributed by atoms with Gasteiger partial charge in [0.2, 0.25) is 5.91 Å². The fourth-order valence-corrected chi connectivity index (χ4v) is 4.51. The van der Waals surface area contributed by atoms with Gasteiger partial charge in [0.15, 0.2) is 0 Å². The van der Waals surface area contributed by atoms with E-state index in [2.05, 4.69) is 17.4 Å². The second kappa shape index (κ2) is 9.22. The molecule has 0 aliphatic carbocycles. The lowest BCUT2D eigenvalue weighted by molar-refractivity contribution is -0.918. The number of carbonyl (C=O) groups excluding carboxylic acids is 3. The van der Waals surface area contributed by atoms with Crippen molar-refractivity contribution in [3.63, 3.8) is 0 Å². The first-order chi connectivity index (χ1) is 14.6. The molecule has 0 aromatic heterocycles. The maximum atomic E-state index is 12.4. The predicted molar refractivity (Wildman–Crippen MR) is 113 cm³/mol. The first-order valence-corrected chi connectivity index (χ1v) is 10.8. The van der Waals surface area contributed by atoms with Crippen molar-refractivity contribution in [3.05, 3.63) is 71.3 Å². The maximum absolute atomic E-state index is 12.4. The van der Waals surface area contributed by atoms with Gasteiger partial charge in [0.25, 0.3) is 11.8 Å². The summed E-state index contributed by atoms with van der Waals surface area (Å²) in [6.07, 6.45) is 3.22. The summed E-state index contributed by atoms with van der Waals surface area (Å²) < 4.78 is 0. The lowest BCUT2D eigenvalue weighted by atomic mass is 10.1. The summed E-state index contributed by atoms with van der Waals surface area (Å²) in [5.74, 6) is -0.568. The first-order valence-electron chi connectivity index (χ1n) is 10.8. The van der Waals surface area contributed by atoms with Crippen LogP contribution in [-0.4, -0.2) is 48.8 Å². The van der Waals surface area contributed by atoms with Gasteiger partial charge >= 0.3 is 0 Å². The number of fused-ring (bicyclic) bond motifs is 1. The molecule has 6 nitrogen and oxygen atoms in total. The van der Waals surface area contributed by atoms with Crippen molar-refractivity contribution < 1.29 is 19.3 Å². The predicted octanol–water partition coefficient (Wildman–Crippen LogP) is 1.60. The average molecular weight is 407 g/mol. The van der Waals surface area contributed by atoms with Crippen molar-refractivity contribution in [3.8, 4) is 0 Å². The molecule has 2 aliphatic rings. The van der Waals surface area contributed by atoms with Crippen molar-refractivity contribution in [1.82, 2.24) is 10.2 Å². The van der Waals surface area contributed by atoms with Crippen LogP contribution in [0.4, 0.5) is 0 Å². The monoisotopic (exact) mass is 406 g/mol. The summed E-state index contributed by atoms with van der Waals surface area (Å²) in [5.41, 5.74) is 2.15. The van der Waals surface area contributed by atoms with Gasteiger partial charge in [-0.05, 0) is 18.6 Å². The second-order valence-electron chi connectivity index (χ2n) is 8.04. The van der Waals surface area contributed by atoms with Crippen LogP contribution in [-0.2, 0) is 4.79 Å². The van der Waals surface area contributed by atoms with E-state index < -0.39 is 0 Å². The molecule has 1 fully saturated rings. The molecule has 6 heteroatoms. The highest BCUT2D eigenvalue weighted by atomic mass is 16.2. The van der Waals surface area contributed by atoms with Gasteiger partial charge in [-0.25, -0.2) is 0 Å². The first kappa shape index (κ1) is 20.3. The Kier molecular flexibility index (Phi) is 6.23. The van der Waals surface area contributed by atoms with E-state index in [0.717, 1.165) is 13.1 Å². The summed E-state index contributed by atoms with van der Waals surface area (Å²) in [7, 11) is 0. The van der Waals surface area contributed by atoms with E-state index >= 15 is 0 Å². The van der Waals surface area contributed by atoms with Gasteiger partial charge in [0.1, 0.15) is 6.04 Å². The minimum absolute atomic E-state index is 0.0360. The molecule has 0 radical (unpaired) electrons. The molecule has 1 saturated heterocycles. The number of benzene rings is 2. The van der Waals surface area contributed by atoms with E-state index in [9.17, 15) is 14.4 Å². The zero-order valence-corrected chi connectivity index (χ0v) is 17.1. The van der Waals surface area contributed by atoms with Gasteiger partial charge in [-0.3, -0.25) is 19.3 Å². The number of hydrogen-bond acceptors (Lipinski definition) is 3. The normalized spacial score (nSPS) is 17.3. The van der Waals surface area contributed by atoms with E-state index in [1.54, 1.807) is 24.3 Å². The quantitative estimate of drug-likeness (QED) is 0.654. The Bertz CT molecular complexity index is 887. The van der Waals surface area contributed by atoms with Crippen LogP contribution in [0.5, 0.6) is 0 Å². The minimum Gasteiger partial charge on any atom is -0.350 e. The lowest BCUT2D eigenvalue weighted by Gasteiger charge is -2.25. The van der Waals surface area contributed by atoms with Crippen LogP contribution in [0.25, 0.3) is 0 Å². The van der Waals surface area contributed by atoms with Gasteiger partial charge < -0.3 is 10.2 Å². The number of nitrogens with zero attached hydrogens (tertiary/aromatic N) is 1. The standard InChI is InChI=1S/C24H27N3O3/c28-22(13-8-16-27-23(29)19-11-4-5-12-20(19)24(27)30)25-17-21(26-14-6-7-15-26)18-9-2-1-3-10-18/h1-5,9-12,21H,6-8,13-17H2,(H,25,28)/p+1/t21-/m0/s1. The van der Waals surface area contributed by atoms with Gasteiger partial charge in [-0.2, -0.15) is 0 Å². The molecular weight excluding hydrogens is 378 g/mol. The Morgan fingerprint density at radius 2 is 1.53 bits per heavy atom. The van der Waals surface area contributed by atoms with Gasteiger partial charge in [-0.15, -0.1) is 0 Å². The number of hydrogen-bond donors (Lipinski definition) is 2. The molecule has 0 bridgehead atoms. The average Bonchev–Trinajstić information content (AvgIpc) is 3.38. The van der Waals surface area contributed by atoms with Crippen LogP contribution in [0, 0.1) is 0 Å². The smallest absolute Gasteiger partial charge is 0.261 e. The van der Waals surface area contributed by atoms with Crippen molar-refractivity contribution in [2.45, 2.75) is 31.7 Å². The largest absolute Gasteiger partial charge is 0.350 e. The highest BCUT2D eigenvalue weighted by Gasteiger charge is 2.34.